The lowest BCUT2D eigenvalue weighted by molar-refractivity contribution is 0.0730. The van der Waals surface area contributed by atoms with E-state index in [1.807, 2.05) is 0 Å². The summed E-state index contributed by atoms with van der Waals surface area (Å²) in [7, 11) is 0. The lowest BCUT2D eigenvalue weighted by Gasteiger charge is -2.63. The molecule has 0 radical (unpaired) electrons. The molecular weight excluding hydrogens is 280 g/mol. The number of rotatable bonds is 2. The van der Waals surface area contributed by atoms with Crippen LogP contribution in [0.5, 0.6) is 0 Å². The molecular formula is C21H24N2. The van der Waals surface area contributed by atoms with Crippen molar-refractivity contribution in [1.29, 1.82) is 0 Å². The van der Waals surface area contributed by atoms with Gasteiger partial charge in [-0.3, -0.25) is 0 Å². The summed E-state index contributed by atoms with van der Waals surface area (Å²) >= 11 is 0. The first-order valence-electron chi connectivity index (χ1n) is 8.57. The Bertz CT molecular complexity index is 762. The van der Waals surface area contributed by atoms with Gasteiger partial charge in [-0.25, -0.2) is 4.99 Å². The van der Waals surface area contributed by atoms with Crippen molar-refractivity contribution in [3.63, 3.8) is 0 Å². The first kappa shape index (κ1) is 14.5. The molecule has 0 spiro atoms. The maximum atomic E-state index is 5.07. The molecule has 3 atom stereocenters. The average molecular weight is 304 g/mol. The molecule has 0 unspecified atom stereocenters. The fourth-order valence-electron chi connectivity index (χ4n) is 4.62. The van der Waals surface area contributed by atoms with Crippen LogP contribution in [-0.2, 0) is 5.41 Å². The first-order chi connectivity index (χ1) is 11.0. The van der Waals surface area contributed by atoms with E-state index in [2.05, 4.69) is 87.2 Å². The lowest BCUT2D eigenvalue weighted by atomic mass is 9.61. The second-order valence-corrected chi connectivity index (χ2v) is 7.33. The fraction of sp³-hybridized carbons (Fsp3) is 0.381. The third kappa shape index (κ3) is 1.84. The van der Waals surface area contributed by atoms with E-state index in [0.717, 1.165) is 5.69 Å². The van der Waals surface area contributed by atoms with Crippen LogP contribution in [0.2, 0.25) is 0 Å². The van der Waals surface area contributed by atoms with Crippen molar-refractivity contribution < 1.29 is 0 Å². The second kappa shape index (κ2) is 4.95. The highest BCUT2D eigenvalue weighted by Crippen LogP contribution is 2.53. The zero-order valence-corrected chi connectivity index (χ0v) is 14.3. The molecule has 4 rings (SSSR count). The largest absolute Gasteiger partial charge is 0.348 e. The molecule has 1 saturated heterocycles. The number of nitrogens with zero attached hydrogens (tertiary/aromatic N) is 2. The molecule has 2 heteroatoms. The number of hydrogen-bond donors (Lipinski definition) is 0. The minimum atomic E-state index is -0.00276. The minimum Gasteiger partial charge on any atom is -0.348 e. The normalized spacial score (nSPS) is 28.7. The molecule has 0 saturated carbocycles. The van der Waals surface area contributed by atoms with Crippen molar-refractivity contribution in [3.8, 4) is 0 Å². The number of hydrogen-bond acceptors (Lipinski definition) is 2. The van der Waals surface area contributed by atoms with Crippen LogP contribution in [0, 0.1) is 5.92 Å². The quantitative estimate of drug-likeness (QED) is 0.754. The van der Waals surface area contributed by atoms with E-state index in [4.69, 9.17) is 4.99 Å². The topological polar surface area (TPSA) is 15.6 Å². The van der Waals surface area contributed by atoms with Crippen molar-refractivity contribution >= 4 is 11.5 Å². The lowest BCUT2D eigenvalue weighted by Crippen LogP contribution is -2.72. The van der Waals surface area contributed by atoms with E-state index in [1.165, 1.54) is 17.0 Å². The van der Waals surface area contributed by atoms with E-state index in [0.29, 0.717) is 18.0 Å². The molecule has 0 bridgehead atoms. The van der Waals surface area contributed by atoms with Gasteiger partial charge >= 0.3 is 0 Å². The van der Waals surface area contributed by atoms with Crippen LogP contribution in [0.1, 0.15) is 44.9 Å². The molecule has 2 aromatic carbocycles. The summed E-state index contributed by atoms with van der Waals surface area (Å²) in [5.41, 5.74) is 3.85. The first-order valence-corrected chi connectivity index (χ1v) is 8.57. The van der Waals surface area contributed by atoms with Gasteiger partial charge in [-0.1, -0.05) is 62.4 Å². The zero-order chi connectivity index (χ0) is 16.2. The Morgan fingerprint density at radius 3 is 2.35 bits per heavy atom. The molecule has 0 aliphatic carbocycles. The standard InChI is InChI=1S/C21H24N2/c1-14(2)19-21(4,16-10-6-5-7-11-16)20-22-18-13-9-8-12-17(18)15(3)23(19)20/h5-15,19H,1-4H3/t15-,19-,21-/m0/s1. The van der Waals surface area contributed by atoms with Gasteiger partial charge in [0.05, 0.1) is 17.1 Å². The summed E-state index contributed by atoms with van der Waals surface area (Å²) in [5.74, 6) is 1.81. The summed E-state index contributed by atoms with van der Waals surface area (Å²) in [5, 5.41) is 0. The summed E-state index contributed by atoms with van der Waals surface area (Å²) in [6.07, 6.45) is 0. The van der Waals surface area contributed by atoms with Gasteiger partial charge in [0, 0.05) is 11.6 Å². The van der Waals surface area contributed by atoms with Crippen LogP contribution >= 0.6 is 0 Å². The summed E-state index contributed by atoms with van der Waals surface area (Å²) < 4.78 is 0. The Labute approximate surface area is 138 Å². The monoisotopic (exact) mass is 304 g/mol. The Balaban J connectivity index is 1.90. The Morgan fingerprint density at radius 1 is 1.00 bits per heavy atom. The van der Waals surface area contributed by atoms with Crippen molar-refractivity contribution in [1.82, 2.24) is 4.90 Å². The molecule has 1 fully saturated rings. The Hall–Kier alpha value is -2.09. The Morgan fingerprint density at radius 2 is 1.65 bits per heavy atom. The molecule has 2 nitrogen and oxygen atoms in total. The molecule has 23 heavy (non-hydrogen) atoms. The predicted octanol–water partition coefficient (Wildman–Crippen LogP) is 5.09. The summed E-state index contributed by atoms with van der Waals surface area (Å²) in [4.78, 5) is 7.61. The molecule has 0 aromatic heterocycles. The number of benzene rings is 2. The highest BCUT2D eigenvalue weighted by atomic mass is 15.3. The van der Waals surface area contributed by atoms with Crippen LogP contribution in [0.3, 0.4) is 0 Å². The average Bonchev–Trinajstić information content (AvgIpc) is 2.56. The van der Waals surface area contributed by atoms with Gasteiger partial charge in [0.1, 0.15) is 5.84 Å². The molecule has 0 N–H and O–H groups in total. The SMILES string of the molecule is CC(C)[C@@H]1N2C(=Nc3ccccc3[C@@H]2C)[C@@]1(C)c1ccccc1. The highest BCUT2D eigenvalue weighted by Gasteiger charge is 2.59. The molecule has 2 aliphatic heterocycles. The van der Waals surface area contributed by atoms with E-state index < -0.39 is 0 Å². The van der Waals surface area contributed by atoms with Crippen LogP contribution in [0.4, 0.5) is 5.69 Å². The number of fused-ring (bicyclic) bond motifs is 2. The maximum absolute atomic E-state index is 5.07. The maximum Gasteiger partial charge on any atom is 0.118 e. The van der Waals surface area contributed by atoms with Gasteiger partial charge < -0.3 is 4.90 Å². The number of para-hydroxylation sites is 1. The van der Waals surface area contributed by atoms with E-state index in [1.54, 1.807) is 0 Å². The van der Waals surface area contributed by atoms with E-state index in [-0.39, 0.29) is 5.41 Å². The molecule has 2 aliphatic rings. The second-order valence-electron chi connectivity index (χ2n) is 7.33. The molecule has 0 amide bonds. The van der Waals surface area contributed by atoms with Crippen molar-refractivity contribution in [2.45, 2.75) is 45.2 Å². The highest BCUT2D eigenvalue weighted by molar-refractivity contribution is 6.03. The third-order valence-electron chi connectivity index (χ3n) is 5.64. The van der Waals surface area contributed by atoms with Gasteiger partial charge in [-0.15, -0.1) is 0 Å². The van der Waals surface area contributed by atoms with Crippen LogP contribution in [0.15, 0.2) is 59.6 Å². The van der Waals surface area contributed by atoms with Gasteiger partial charge in [0.15, 0.2) is 0 Å². The molecule has 2 heterocycles. The van der Waals surface area contributed by atoms with Crippen LogP contribution in [-0.4, -0.2) is 16.8 Å². The Kier molecular flexibility index (Phi) is 3.12. The summed E-state index contributed by atoms with van der Waals surface area (Å²) in [6.45, 7) is 9.34. The fourth-order valence-corrected chi connectivity index (χ4v) is 4.62. The molecule has 118 valence electrons. The number of aliphatic imine (C=N–C) groups is 1. The molecule has 2 aromatic rings. The van der Waals surface area contributed by atoms with Gasteiger partial charge in [-0.2, -0.15) is 0 Å². The summed E-state index contributed by atoms with van der Waals surface area (Å²) in [6, 6.07) is 20.3. The predicted molar refractivity (Wildman–Crippen MR) is 96.2 cm³/mol. The zero-order valence-electron chi connectivity index (χ0n) is 14.3. The smallest absolute Gasteiger partial charge is 0.118 e. The van der Waals surface area contributed by atoms with Gasteiger partial charge in [-0.05, 0) is 31.4 Å². The van der Waals surface area contributed by atoms with Crippen molar-refractivity contribution in [2.24, 2.45) is 10.9 Å². The van der Waals surface area contributed by atoms with Gasteiger partial charge in [0.2, 0.25) is 0 Å². The van der Waals surface area contributed by atoms with Crippen molar-refractivity contribution in [2.75, 3.05) is 0 Å². The van der Waals surface area contributed by atoms with Gasteiger partial charge in [0.25, 0.3) is 0 Å². The van der Waals surface area contributed by atoms with Crippen LogP contribution < -0.4 is 0 Å². The minimum absolute atomic E-state index is 0.00276. The van der Waals surface area contributed by atoms with Crippen molar-refractivity contribution in [3.05, 3.63) is 65.7 Å². The van der Waals surface area contributed by atoms with E-state index in [9.17, 15) is 0 Å². The number of amidine groups is 1. The third-order valence-corrected chi connectivity index (χ3v) is 5.64. The van der Waals surface area contributed by atoms with E-state index >= 15 is 0 Å². The van der Waals surface area contributed by atoms with Crippen LogP contribution in [0.25, 0.3) is 0 Å².